The molecule has 0 saturated heterocycles. The second-order valence-corrected chi connectivity index (χ2v) is 5.92. The van der Waals surface area contributed by atoms with Crippen LogP contribution in [0.15, 0.2) is 29.2 Å². The maximum absolute atomic E-state index is 10.7. The number of anilines is 2. The van der Waals surface area contributed by atoms with Crippen LogP contribution in [-0.2, 0) is 11.2 Å². The minimum absolute atomic E-state index is 0.0238. The average molecular weight is 294 g/mol. The molecule has 0 bridgehead atoms. The highest BCUT2D eigenvalue weighted by Crippen LogP contribution is 2.27. The van der Waals surface area contributed by atoms with E-state index in [9.17, 15) is 4.79 Å². The lowest BCUT2D eigenvalue weighted by molar-refractivity contribution is -0.136. The zero-order chi connectivity index (χ0) is 13.8. The molecule has 2 aromatic rings. The minimum atomic E-state index is -0.831. The van der Waals surface area contributed by atoms with E-state index in [1.165, 1.54) is 16.2 Å². The van der Waals surface area contributed by atoms with Gasteiger partial charge in [-0.05, 0) is 31.4 Å². The highest BCUT2D eigenvalue weighted by molar-refractivity contribution is 7.98. The predicted molar refractivity (Wildman–Crippen MR) is 79.7 cm³/mol. The molecule has 100 valence electrons. The Morgan fingerprint density at radius 3 is 3.00 bits per heavy atom. The first kappa shape index (κ1) is 13.9. The molecule has 0 aliphatic rings. The molecule has 2 rings (SSSR count). The summed E-state index contributed by atoms with van der Waals surface area (Å²) in [5.41, 5.74) is 1.73. The summed E-state index contributed by atoms with van der Waals surface area (Å²) in [6.45, 7) is 1.83. The van der Waals surface area contributed by atoms with Crippen molar-refractivity contribution < 1.29 is 9.90 Å². The van der Waals surface area contributed by atoms with Crippen LogP contribution >= 0.6 is 23.1 Å². The third kappa shape index (κ3) is 3.71. The Kier molecular flexibility index (Phi) is 4.44. The van der Waals surface area contributed by atoms with Gasteiger partial charge in [0.25, 0.3) is 0 Å². The first-order valence-corrected chi connectivity index (χ1v) is 7.72. The maximum atomic E-state index is 10.7. The Labute approximate surface area is 119 Å². The summed E-state index contributed by atoms with van der Waals surface area (Å²) >= 11 is 3.06. The number of hydrogen-bond acceptors (Lipinski definition) is 5. The molecule has 0 aliphatic heterocycles. The predicted octanol–water partition coefficient (Wildman–Crippen LogP) is 3.54. The lowest BCUT2D eigenvalue weighted by Gasteiger charge is -2.03. The van der Waals surface area contributed by atoms with Crippen molar-refractivity contribution in [1.82, 2.24) is 4.98 Å². The van der Waals surface area contributed by atoms with Gasteiger partial charge in [-0.1, -0.05) is 6.07 Å². The van der Waals surface area contributed by atoms with Gasteiger partial charge in [-0.2, -0.15) is 0 Å². The van der Waals surface area contributed by atoms with Crippen molar-refractivity contribution in [3.05, 3.63) is 34.8 Å². The van der Waals surface area contributed by atoms with Gasteiger partial charge < -0.3 is 10.4 Å². The molecule has 0 saturated carbocycles. The Morgan fingerprint density at radius 1 is 1.53 bits per heavy atom. The van der Waals surface area contributed by atoms with E-state index < -0.39 is 5.97 Å². The van der Waals surface area contributed by atoms with Crippen LogP contribution in [0, 0.1) is 6.92 Å². The molecule has 4 nitrogen and oxygen atoms in total. The number of nitrogens with zero attached hydrogens (tertiary/aromatic N) is 1. The molecule has 0 amide bonds. The van der Waals surface area contributed by atoms with E-state index in [2.05, 4.69) is 10.3 Å². The summed E-state index contributed by atoms with van der Waals surface area (Å²) in [6.07, 6.45) is 2.05. The highest BCUT2D eigenvalue weighted by Gasteiger charge is 2.11. The third-order valence-electron chi connectivity index (χ3n) is 2.53. The van der Waals surface area contributed by atoms with Crippen LogP contribution < -0.4 is 5.32 Å². The lowest BCUT2D eigenvalue weighted by atomic mass is 10.3. The SMILES string of the molecule is CSc1cccc(Nc2nc(C)c(CC(=O)O)s2)c1. The number of carbonyl (C=O) groups is 1. The first-order chi connectivity index (χ1) is 9.08. The number of carboxylic acid groups (broad SMARTS) is 1. The van der Waals surface area contributed by atoms with Gasteiger partial charge >= 0.3 is 5.97 Å². The Bertz CT molecular complexity index is 596. The van der Waals surface area contributed by atoms with Gasteiger partial charge in [0.05, 0.1) is 12.1 Å². The number of carboxylic acids is 1. The van der Waals surface area contributed by atoms with Gasteiger partial charge in [0, 0.05) is 15.5 Å². The Hall–Kier alpha value is -1.53. The molecule has 19 heavy (non-hydrogen) atoms. The normalized spacial score (nSPS) is 10.4. The third-order valence-corrected chi connectivity index (χ3v) is 4.32. The zero-order valence-electron chi connectivity index (χ0n) is 10.6. The van der Waals surface area contributed by atoms with E-state index in [-0.39, 0.29) is 6.42 Å². The van der Waals surface area contributed by atoms with E-state index in [0.29, 0.717) is 0 Å². The van der Waals surface area contributed by atoms with Crippen LogP contribution in [0.2, 0.25) is 0 Å². The van der Waals surface area contributed by atoms with Crippen molar-refractivity contribution in [1.29, 1.82) is 0 Å². The molecule has 0 spiro atoms. The number of thioether (sulfide) groups is 1. The number of aryl methyl sites for hydroxylation is 1. The quantitative estimate of drug-likeness (QED) is 0.826. The van der Waals surface area contributed by atoms with Gasteiger partial charge in [0.2, 0.25) is 0 Å². The molecule has 1 heterocycles. The summed E-state index contributed by atoms with van der Waals surface area (Å²) in [6, 6.07) is 8.02. The summed E-state index contributed by atoms with van der Waals surface area (Å²) in [5, 5.41) is 12.8. The second-order valence-electron chi connectivity index (χ2n) is 3.96. The monoisotopic (exact) mass is 294 g/mol. The number of thiazole rings is 1. The molecule has 2 N–H and O–H groups in total. The smallest absolute Gasteiger partial charge is 0.308 e. The van der Waals surface area contributed by atoms with Gasteiger partial charge in [0.1, 0.15) is 0 Å². The second kappa shape index (κ2) is 6.08. The number of benzene rings is 1. The fourth-order valence-corrected chi connectivity index (χ4v) is 3.04. The zero-order valence-corrected chi connectivity index (χ0v) is 12.3. The molecule has 1 aromatic heterocycles. The number of rotatable bonds is 5. The van der Waals surface area contributed by atoms with E-state index in [4.69, 9.17) is 5.11 Å². The maximum Gasteiger partial charge on any atom is 0.308 e. The van der Waals surface area contributed by atoms with E-state index >= 15 is 0 Å². The molecule has 1 aromatic carbocycles. The molecule has 0 radical (unpaired) electrons. The van der Waals surface area contributed by atoms with Crippen LogP contribution in [0.4, 0.5) is 10.8 Å². The molecular weight excluding hydrogens is 280 g/mol. The van der Waals surface area contributed by atoms with E-state index in [1.54, 1.807) is 11.8 Å². The molecule has 6 heteroatoms. The minimum Gasteiger partial charge on any atom is -0.481 e. The van der Waals surface area contributed by atoms with Crippen LogP contribution in [0.1, 0.15) is 10.6 Å². The van der Waals surface area contributed by atoms with Crippen molar-refractivity contribution in [2.75, 3.05) is 11.6 Å². The van der Waals surface area contributed by atoms with Gasteiger partial charge in [0.15, 0.2) is 5.13 Å². The van der Waals surface area contributed by atoms with Crippen molar-refractivity contribution in [3.63, 3.8) is 0 Å². The van der Waals surface area contributed by atoms with Crippen molar-refractivity contribution in [2.24, 2.45) is 0 Å². The van der Waals surface area contributed by atoms with E-state index in [0.717, 1.165) is 21.4 Å². The number of aliphatic carboxylic acids is 1. The van der Waals surface area contributed by atoms with Gasteiger partial charge in [-0.25, -0.2) is 4.98 Å². The fraction of sp³-hybridized carbons (Fsp3) is 0.231. The molecule has 0 aliphatic carbocycles. The summed E-state index contributed by atoms with van der Waals surface area (Å²) < 4.78 is 0. The number of hydrogen-bond donors (Lipinski definition) is 2. The number of nitrogens with one attached hydrogen (secondary N) is 1. The van der Waals surface area contributed by atoms with Gasteiger partial charge in [-0.3, -0.25) is 4.79 Å². The van der Waals surface area contributed by atoms with Crippen LogP contribution in [0.3, 0.4) is 0 Å². The van der Waals surface area contributed by atoms with Crippen LogP contribution in [0.25, 0.3) is 0 Å². The summed E-state index contributed by atoms with van der Waals surface area (Å²) in [5.74, 6) is -0.831. The summed E-state index contributed by atoms with van der Waals surface area (Å²) in [4.78, 5) is 17.0. The van der Waals surface area contributed by atoms with Gasteiger partial charge in [-0.15, -0.1) is 23.1 Å². The van der Waals surface area contributed by atoms with Crippen molar-refractivity contribution >= 4 is 39.9 Å². The topological polar surface area (TPSA) is 62.2 Å². The standard InChI is InChI=1S/C13H14N2O2S2/c1-8-11(7-12(16)17)19-13(14-8)15-9-4-3-5-10(6-9)18-2/h3-6H,7H2,1-2H3,(H,14,15)(H,16,17). The number of aromatic nitrogens is 1. The molecule has 0 fully saturated rings. The van der Waals surface area contributed by atoms with E-state index in [1.807, 2.05) is 37.4 Å². The van der Waals surface area contributed by atoms with Crippen molar-refractivity contribution in [2.45, 2.75) is 18.2 Å². The molecular formula is C13H14N2O2S2. The average Bonchev–Trinajstić information content (AvgIpc) is 2.69. The lowest BCUT2D eigenvalue weighted by Crippen LogP contribution is -1.99. The van der Waals surface area contributed by atoms with Crippen LogP contribution in [0.5, 0.6) is 0 Å². The Balaban J connectivity index is 2.16. The molecule has 0 unspecified atom stereocenters. The van der Waals surface area contributed by atoms with Crippen LogP contribution in [-0.4, -0.2) is 22.3 Å². The summed E-state index contributed by atoms with van der Waals surface area (Å²) in [7, 11) is 0. The fourth-order valence-electron chi connectivity index (χ4n) is 1.61. The largest absolute Gasteiger partial charge is 0.481 e. The highest BCUT2D eigenvalue weighted by atomic mass is 32.2. The Morgan fingerprint density at radius 2 is 2.32 bits per heavy atom. The van der Waals surface area contributed by atoms with Crippen molar-refractivity contribution in [3.8, 4) is 0 Å². The molecule has 0 atom stereocenters. The first-order valence-electron chi connectivity index (χ1n) is 5.67.